The number of methoxy groups -OCH3 is 2. The molecule has 0 saturated heterocycles. The predicted molar refractivity (Wildman–Crippen MR) is 108 cm³/mol. The summed E-state index contributed by atoms with van der Waals surface area (Å²) >= 11 is 0. The van der Waals surface area contributed by atoms with Crippen molar-refractivity contribution < 1.29 is 23.8 Å². The third-order valence-electron chi connectivity index (χ3n) is 7.34. The minimum absolute atomic E-state index is 0.105. The highest BCUT2D eigenvalue weighted by atomic mass is 16.5. The summed E-state index contributed by atoms with van der Waals surface area (Å²) in [6.07, 6.45) is 7.80. The number of nitrogens with one attached hydrogen (secondary N) is 1. The molecule has 1 aromatic rings. The highest BCUT2D eigenvalue weighted by molar-refractivity contribution is 5.95. The second-order valence-electron chi connectivity index (χ2n) is 9.19. The lowest BCUT2D eigenvalue weighted by atomic mass is 9.48. The van der Waals surface area contributed by atoms with Gasteiger partial charge in [-0.05, 0) is 80.8 Å². The van der Waals surface area contributed by atoms with Crippen LogP contribution in [0.1, 0.15) is 55.8 Å². The van der Waals surface area contributed by atoms with Crippen molar-refractivity contribution in [1.29, 1.82) is 0 Å². The van der Waals surface area contributed by atoms with Crippen LogP contribution in [0.2, 0.25) is 0 Å². The maximum absolute atomic E-state index is 12.5. The van der Waals surface area contributed by atoms with Gasteiger partial charge in [-0.15, -0.1) is 0 Å². The van der Waals surface area contributed by atoms with Gasteiger partial charge in [0.2, 0.25) is 0 Å². The zero-order valence-electron chi connectivity index (χ0n) is 17.5. The summed E-state index contributed by atoms with van der Waals surface area (Å²) in [7, 11) is 2.97. The molecule has 0 aromatic heterocycles. The summed E-state index contributed by atoms with van der Waals surface area (Å²) in [6, 6.07) is 5.09. The van der Waals surface area contributed by atoms with Gasteiger partial charge < -0.3 is 19.5 Å². The fraction of sp³-hybridized carbons (Fsp3) is 0.652. The molecule has 0 aliphatic heterocycles. The molecule has 1 atom stereocenters. The first-order valence-corrected chi connectivity index (χ1v) is 10.6. The van der Waals surface area contributed by atoms with Gasteiger partial charge in [-0.1, -0.05) is 6.07 Å². The van der Waals surface area contributed by atoms with Crippen molar-refractivity contribution in [2.75, 3.05) is 20.8 Å². The lowest BCUT2D eigenvalue weighted by Crippen LogP contribution is -2.56. The van der Waals surface area contributed by atoms with Crippen LogP contribution in [-0.2, 0) is 9.53 Å². The van der Waals surface area contributed by atoms with E-state index in [1.807, 2.05) is 0 Å². The number of esters is 1. The smallest absolute Gasteiger partial charge is 0.342 e. The largest absolute Gasteiger partial charge is 0.493 e. The molecule has 0 unspecified atom stereocenters. The van der Waals surface area contributed by atoms with Crippen LogP contribution < -0.4 is 14.8 Å². The summed E-state index contributed by atoms with van der Waals surface area (Å²) in [5, 5.41) is 3.12. The second kappa shape index (κ2) is 7.88. The summed E-state index contributed by atoms with van der Waals surface area (Å²) in [4.78, 5) is 25.0. The molecule has 4 bridgehead atoms. The molecule has 4 aliphatic carbocycles. The van der Waals surface area contributed by atoms with Crippen molar-refractivity contribution in [2.45, 2.75) is 51.5 Å². The normalized spacial score (nSPS) is 30.5. The number of carbonyl (C=O) groups is 2. The van der Waals surface area contributed by atoms with Gasteiger partial charge in [0.15, 0.2) is 18.1 Å². The Bertz CT molecular complexity index is 754. The Balaban J connectivity index is 1.34. The van der Waals surface area contributed by atoms with Crippen molar-refractivity contribution >= 4 is 11.9 Å². The third kappa shape index (κ3) is 3.81. The van der Waals surface area contributed by atoms with Crippen molar-refractivity contribution in [3.8, 4) is 11.5 Å². The van der Waals surface area contributed by atoms with Crippen LogP contribution in [-0.4, -0.2) is 38.7 Å². The zero-order chi connectivity index (χ0) is 20.6. The van der Waals surface area contributed by atoms with Gasteiger partial charge in [0.1, 0.15) is 5.56 Å². The van der Waals surface area contributed by atoms with Gasteiger partial charge >= 0.3 is 5.97 Å². The average molecular weight is 402 g/mol. The molecule has 4 fully saturated rings. The summed E-state index contributed by atoms with van der Waals surface area (Å²) < 4.78 is 15.7. The first kappa shape index (κ1) is 20.0. The lowest BCUT2D eigenvalue weighted by molar-refractivity contribution is -0.128. The Morgan fingerprint density at radius 1 is 1.07 bits per heavy atom. The molecule has 6 heteroatoms. The molecular formula is C23H31NO5. The number of ether oxygens (including phenoxy) is 3. The number of para-hydroxylation sites is 1. The van der Waals surface area contributed by atoms with E-state index in [0.717, 1.165) is 17.8 Å². The number of amides is 1. The molecule has 29 heavy (non-hydrogen) atoms. The van der Waals surface area contributed by atoms with Crippen LogP contribution in [0.5, 0.6) is 11.5 Å². The Kier molecular flexibility index (Phi) is 5.45. The van der Waals surface area contributed by atoms with E-state index >= 15 is 0 Å². The topological polar surface area (TPSA) is 73.9 Å². The fourth-order valence-electron chi connectivity index (χ4n) is 6.40. The van der Waals surface area contributed by atoms with E-state index < -0.39 is 5.97 Å². The highest BCUT2D eigenvalue weighted by Gasteiger charge is 2.53. The van der Waals surface area contributed by atoms with E-state index in [1.54, 1.807) is 18.2 Å². The van der Waals surface area contributed by atoms with E-state index in [1.165, 1.54) is 52.7 Å². The van der Waals surface area contributed by atoms with Crippen molar-refractivity contribution in [1.82, 2.24) is 5.32 Å². The molecule has 4 aliphatic rings. The Hall–Kier alpha value is -2.24. The molecule has 0 heterocycles. The molecule has 0 radical (unpaired) electrons. The van der Waals surface area contributed by atoms with E-state index in [0.29, 0.717) is 11.5 Å². The molecular weight excluding hydrogens is 370 g/mol. The quantitative estimate of drug-likeness (QED) is 0.707. The summed E-state index contributed by atoms with van der Waals surface area (Å²) in [5.74, 6) is 2.41. The second-order valence-corrected chi connectivity index (χ2v) is 9.19. The molecule has 4 saturated carbocycles. The number of rotatable bonds is 7. The maximum atomic E-state index is 12.5. The molecule has 5 rings (SSSR count). The van der Waals surface area contributed by atoms with Crippen LogP contribution >= 0.6 is 0 Å². The summed E-state index contributed by atoms with van der Waals surface area (Å²) in [6.45, 7) is 1.83. The molecule has 1 N–H and O–H groups in total. The van der Waals surface area contributed by atoms with E-state index in [2.05, 4.69) is 12.2 Å². The predicted octanol–water partition coefficient (Wildman–Crippen LogP) is 3.58. The van der Waals surface area contributed by atoms with Crippen molar-refractivity contribution in [2.24, 2.45) is 23.2 Å². The van der Waals surface area contributed by atoms with Crippen molar-refractivity contribution in [3.63, 3.8) is 0 Å². The van der Waals surface area contributed by atoms with Crippen LogP contribution in [0.4, 0.5) is 0 Å². The SMILES string of the molecule is COc1cccc(C(=O)OCC(=O)N[C@@H](C)C23CC4CC(CC(C4)C2)C3)c1OC. The van der Waals surface area contributed by atoms with Crippen LogP contribution in [0.15, 0.2) is 18.2 Å². The highest BCUT2D eigenvalue weighted by Crippen LogP contribution is 2.61. The summed E-state index contributed by atoms with van der Waals surface area (Å²) in [5.41, 5.74) is 0.471. The van der Waals surface area contributed by atoms with Crippen molar-refractivity contribution in [3.05, 3.63) is 23.8 Å². The zero-order valence-corrected chi connectivity index (χ0v) is 17.5. The van der Waals surface area contributed by atoms with Crippen LogP contribution in [0, 0.1) is 23.2 Å². The molecule has 1 amide bonds. The van der Waals surface area contributed by atoms with Gasteiger partial charge in [0.05, 0.1) is 14.2 Å². The molecule has 158 valence electrons. The number of benzene rings is 1. The van der Waals surface area contributed by atoms with Gasteiger partial charge in [-0.3, -0.25) is 4.79 Å². The van der Waals surface area contributed by atoms with Crippen LogP contribution in [0.3, 0.4) is 0 Å². The molecule has 0 spiro atoms. The lowest BCUT2D eigenvalue weighted by Gasteiger charge is -2.59. The fourth-order valence-corrected chi connectivity index (χ4v) is 6.40. The molecule has 6 nitrogen and oxygen atoms in total. The average Bonchev–Trinajstić information content (AvgIpc) is 2.70. The van der Waals surface area contributed by atoms with Gasteiger partial charge in [0, 0.05) is 6.04 Å². The standard InChI is InChI=1S/C23H31NO5/c1-14(23-10-15-7-16(11-23)9-17(8-15)12-23)24-20(25)13-29-22(26)18-5-4-6-19(27-2)21(18)28-3/h4-6,14-17H,7-13H2,1-3H3,(H,24,25)/t14-,15?,16?,17?,23?/m0/s1. The minimum Gasteiger partial charge on any atom is -0.493 e. The van der Waals surface area contributed by atoms with E-state index in [4.69, 9.17) is 14.2 Å². The van der Waals surface area contributed by atoms with Gasteiger partial charge in [0.25, 0.3) is 5.91 Å². The van der Waals surface area contributed by atoms with Gasteiger partial charge in [-0.25, -0.2) is 4.79 Å². The van der Waals surface area contributed by atoms with Crippen LogP contribution in [0.25, 0.3) is 0 Å². The minimum atomic E-state index is -0.599. The third-order valence-corrected chi connectivity index (χ3v) is 7.34. The first-order chi connectivity index (χ1) is 13.9. The van der Waals surface area contributed by atoms with E-state index in [9.17, 15) is 9.59 Å². The van der Waals surface area contributed by atoms with E-state index in [-0.39, 0.29) is 29.5 Å². The number of hydrogen-bond acceptors (Lipinski definition) is 5. The Morgan fingerprint density at radius 2 is 1.69 bits per heavy atom. The van der Waals surface area contributed by atoms with Gasteiger partial charge in [-0.2, -0.15) is 0 Å². The monoisotopic (exact) mass is 401 g/mol. The first-order valence-electron chi connectivity index (χ1n) is 10.6. The maximum Gasteiger partial charge on any atom is 0.342 e. The Morgan fingerprint density at radius 3 is 2.24 bits per heavy atom. The molecule has 1 aromatic carbocycles. The number of carbonyl (C=O) groups excluding carboxylic acids is 2. The Labute approximate surface area is 172 Å². The number of hydrogen-bond donors (Lipinski definition) is 1.